The van der Waals surface area contributed by atoms with Gasteiger partial charge < -0.3 is 10.5 Å². The first-order chi connectivity index (χ1) is 8.06. The Morgan fingerprint density at radius 2 is 2.29 bits per heavy atom. The topological polar surface area (TPSA) is 35.2 Å². The Morgan fingerprint density at radius 1 is 1.53 bits per heavy atom. The summed E-state index contributed by atoms with van der Waals surface area (Å²) >= 11 is 5.84. The fraction of sp³-hybridized carbons (Fsp3) is 0.538. The second-order valence-electron chi connectivity index (χ2n) is 4.67. The van der Waals surface area contributed by atoms with Crippen LogP contribution in [0.4, 0.5) is 4.39 Å². The number of nitrogens with two attached hydrogens (primary N) is 1. The van der Waals surface area contributed by atoms with E-state index in [0.717, 1.165) is 12.8 Å². The van der Waals surface area contributed by atoms with Gasteiger partial charge in [0.1, 0.15) is 5.82 Å². The molecule has 1 heterocycles. The molecule has 17 heavy (non-hydrogen) atoms. The fourth-order valence-electron chi connectivity index (χ4n) is 2.23. The van der Waals surface area contributed by atoms with E-state index >= 15 is 0 Å². The molecule has 1 fully saturated rings. The fourth-order valence-corrected chi connectivity index (χ4v) is 2.43. The summed E-state index contributed by atoms with van der Waals surface area (Å²) in [5.74, 6) is -0.254. The van der Waals surface area contributed by atoms with E-state index in [0.29, 0.717) is 17.0 Å². The zero-order chi connectivity index (χ0) is 12.4. The molecule has 0 aliphatic carbocycles. The lowest BCUT2D eigenvalue weighted by atomic mass is 10.00. The van der Waals surface area contributed by atoms with Gasteiger partial charge in [0.05, 0.1) is 12.2 Å². The van der Waals surface area contributed by atoms with Crippen molar-refractivity contribution in [1.29, 1.82) is 0 Å². The first-order valence-corrected chi connectivity index (χ1v) is 6.29. The Hall–Kier alpha value is -0.640. The van der Waals surface area contributed by atoms with Gasteiger partial charge in [-0.05, 0) is 49.9 Å². The molecule has 0 amide bonds. The van der Waals surface area contributed by atoms with Gasteiger partial charge in [0.15, 0.2) is 0 Å². The van der Waals surface area contributed by atoms with Crippen molar-refractivity contribution in [3.8, 4) is 0 Å². The summed E-state index contributed by atoms with van der Waals surface area (Å²) in [7, 11) is 0. The van der Waals surface area contributed by atoms with Gasteiger partial charge in [-0.3, -0.25) is 0 Å². The smallest absolute Gasteiger partial charge is 0.126 e. The van der Waals surface area contributed by atoms with E-state index in [-0.39, 0.29) is 24.1 Å². The van der Waals surface area contributed by atoms with Crippen LogP contribution in [0.15, 0.2) is 18.2 Å². The monoisotopic (exact) mass is 257 g/mol. The van der Waals surface area contributed by atoms with E-state index in [4.69, 9.17) is 22.1 Å². The SMILES string of the molecule is CC1CCC(C(N)Cc2cc(Cl)ccc2F)O1. The maximum absolute atomic E-state index is 13.5. The molecule has 0 spiro atoms. The van der Waals surface area contributed by atoms with E-state index < -0.39 is 0 Å². The summed E-state index contributed by atoms with van der Waals surface area (Å²) in [6.45, 7) is 2.03. The number of ether oxygens (including phenoxy) is 1. The van der Waals surface area contributed by atoms with Crippen molar-refractivity contribution in [3.63, 3.8) is 0 Å². The molecular weight excluding hydrogens is 241 g/mol. The van der Waals surface area contributed by atoms with E-state index in [2.05, 4.69) is 0 Å². The second-order valence-corrected chi connectivity index (χ2v) is 5.10. The molecule has 1 aliphatic rings. The first kappa shape index (κ1) is 12.8. The largest absolute Gasteiger partial charge is 0.374 e. The molecule has 0 aromatic heterocycles. The van der Waals surface area contributed by atoms with Gasteiger partial charge in [-0.25, -0.2) is 4.39 Å². The average molecular weight is 258 g/mol. The molecule has 1 saturated heterocycles. The molecule has 1 aromatic rings. The predicted molar refractivity (Wildman–Crippen MR) is 66.7 cm³/mol. The minimum Gasteiger partial charge on any atom is -0.374 e. The standard InChI is InChI=1S/C13H17ClFNO/c1-8-2-5-13(17-8)12(16)7-9-6-10(14)3-4-11(9)15/h3-4,6,8,12-13H,2,5,7,16H2,1H3. The van der Waals surface area contributed by atoms with Crippen molar-refractivity contribution >= 4 is 11.6 Å². The van der Waals surface area contributed by atoms with Crippen LogP contribution in [0.2, 0.25) is 5.02 Å². The van der Waals surface area contributed by atoms with Crippen LogP contribution >= 0.6 is 11.6 Å². The summed E-state index contributed by atoms with van der Waals surface area (Å²) in [5, 5.41) is 0.536. The van der Waals surface area contributed by atoms with Gasteiger partial charge in [-0.2, -0.15) is 0 Å². The number of benzene rings is 1. The van der Waals surface area contributed by atoms with Gasteiger partial charge in [-0.15, -0.1) is 0 Å². The molecule has 2 N–H and O–H groups in total. The zero-order valence-corrected chi connectivity index (χ0v) is 10.6. The summed E-state index contributed by atoms with van der Waals surface area (Å²) in [6, 6.07) is 4.38. The molecular formula is C13H17ClFNO. The molecule has 2 nitrogen and oxygen atoms in total. The van der Waals surface area contributed by atoms with Gasteiger partial charge >= 0.3 is 0 Å². The third-order valence-electron chi connectivity index (χ3n) is 3.21. The van der Waals surface area contributed by atoms with Crippen LogP contribution in [0, 0.1) is 5.82 Å². The molecule has 3 atom stereocenters. The lowest BCUT2D eigenvalue weighted by Crippen LogP contribution is -2.36. The van der Waals surface area contributed by atoms with Gasteiger partial charge in [-0.1, -0.05) is 11.6 Å². The van der Waals surface area contributed by atoms with Crippen molar-refractivity contribution in [3.05, 3.63) is 34.6 Å². The highest BCUT2D eigenvalue weighted by Gasteiger charge is 2.27. The molecule has 0 radical (unpaired) electrons. The van der Waals surface area contributed by atoms with Gasteiger partial charge in [0, 0.05) is 11.1 Å². The first-order valence-electron chi connectivity index (χ1n) is 5.91. The molecule has 2 rings (SSSR count). The minimum absolute atomic E-state index is 0.0309. The van der Waals surface area contributed by atoms with E-state index in [1.807, 2.05) is 6.92 Å². The lowest BCUT2D eigenvalue weighted by molar-refractivity contribution is 0.0403. The molecule has 3 unspecified atom stereocenters. The Morgan fingerprint density at radius 3 is 2.94 bits per heavy atom. The van der Waals surface area contributed by atoms with E-state index in [1.165, 1.54) is 6.07 Å². The normalized spacial score (nSPS) is 26.1. The third kappa shape index (κ3) is 3.18. The number of rotatable bonds is 3. The van der Waals surface area contributed by atoms with Crippen LogP contribution in [0.1, 0.15) is 25.3 Å². The maximum atomic E-state index is 13.5. The molecule has 1 aliphatic heterocycles. The highest BCUT2D eigenvalue weighted by molar-refractivity contribution is 6.30. The van der Waals surface area contributed by atoms with Crippen molar-refractivity contribution in [2.75, 3.05) is 0 Å². The quantitative estimate of drug-likeness (QED) is 0.904. The molecule has 0 saturated carbocycles. The van der Waals surface area contributed by atoms with Crippen LogP contribution < -0.4 is 5.73 Å². The highest BCUT2D eigenvalue weighted by Crippen LogP contribution is 2.24. The summed E-state index contributed by atoms with van der Waals surface area (Å²) < 4.78 is 19.2. The number of halogens is 2. The summed E-state index contributed by atoms with van der Waals surface area (Å²) in [6.07, 6.45) is 2.73. The third-order valence-corrected chi connectivity index (χ3v) is 3.44. The summed E-state index contributed by atoms with van der Waals surface area (Å²) in [5.41, 5.74) is 6.62. The lowest BCUT2D eigenvalue weighted by Gasteiger charge is -2.19. The number of hydrogen-bond acceptors (Lipinski definition) is 2. The van der Waals surface area contributed by atoms with Crippen LogP contribution in [0.25, 0.3) is 0 Å². The van der Waals surface area contributed by atoms with Crippen molar-refractivity contribution in [2.45, 2.75) is 44.4 Å². The Bertz CT molecular complexity index is 399. The van der Waals surface area contributed by atoms with Crippen LogP contribution in [0.5, 0.6) is 0 Å². The van der Waals surface area contributed by atoms with Gasteiger partial charge in [0.25, 0.3) is 0 Å². The van der Waals surface area contributed by atoms with Crippen LogP contribution in [0.3, 0.4) is 0 Å². The highest BCUT2D eigenvalue weighted by atomic mass is 35.5. The predicted octanol–water partition coefficient (Wildman–Crippen LogP) is 2.92. The van der Waals surface area contributed by atoms with E-state index in [9.17, 15) is 4.39 Å². The molecule has 94 valence electrons. The Kier molecular flexibility index (Phi) is 4.02. The van der Waals surface area contributed by atoms with Crippen LogP contribution in [-0.2, 0) is 11.2 Å². The summed E-state index contributed by atoms with van der Waals surface area (Å²) in [4.78, 5) is 0. The minimum atomic E-state index is -0.254. The van der Waals surface area contributed by atoms with E-state index in [1.54, 1.807) is 12.1 Å². The van der Waals surface area contributed by atoms with Gasteiger partial charge in [0.2, 0.25) is 0 Å². The average Bonchev–Trinajstić information content (AvgIpc) is 2.70. The van der Waals surface area contributed by atoms with Crippen molar-refractivity contribution in [1.82, 2.24) is 0 Å². The molecule has 4 heteroatoms. The number of hydrogen-bond donors (Lipinski definition) is 1. The Balaban J connectivity index is 2.02. The Labute approximate surface area is 106 Å². The second kappa shape index (κ2) is 5.34. The maximum Gasteiger partial charge on any atom is 0.126 e. The van der Waals surface area contributed by atoms with Crippen LogP contribution in [-0.4, -0.2) is 18.2 Å². The molecule has 0 bridgehead atoms. The molecule has 1 aromatic carbocycles. The zero-order valence-electron chi connectivity index (χ0n) is 9.83. The van der Waals surface area contributed by atoms with Crippen molar-refractivity contribution < 1.29 is 9.13 Å². The van der Waals surface area contributed by atoms with Crippen molar-refractivity contribution in [2.24, 2.45) is 5.73 Å².